The lowest BCUT2D eigenvalue weighted by Gasteiger charge is -2.36. The summed E-state index contributed by atoms with van der Waals surface area (Å²) in [5.74, 6) is -1.11. The van der Waals surface area contributed by atoms with Crippen molar-refractivity contribution in [2.75, 3.05) is 31.1 Å². The Kier molecular flexibility index (Phi) is 5.67. The molecule has 1 aromatic heterocycles. The van der Waals surface area contributed by atoms with Crippen LogP contribution in [-0.2, 0) is 4.79 Å². The molecule has 0 spiro atoms. The van der Waals surface area contributed by atoms with Crippen LogP contribution in [-0.4, -0.2) is 58.3 Å². The summed E-state index contributed by atoms with van der Waals surface area (Å²) in [7, 11) is 0. The summed E-state index contributed by atoms with van der Waals surface area (Å²) in [4.78, 5) is 32.4. The van der Waals surface area contributed by atoms with Crippen molar-refractivity contribution in [1.29, 1.82) is 0 Å². The molecular weight excluding hydrogens is 360 g/mol. The van der Waals surface area contributed by atoms with Gasteiger partial charge in [-0.25, -0.2) is 9.59 Å². The fraction of sp³-hybridized carbons (Fsp3) is 0.350. The molecule has 2 aromatic rings. The van der Waals surface area contributed by atoms with E-state index in [-0.39, 0.29) is 5.75 Å². The number of urea groups is 1. The van der Waals surface area contributed by atoms with Gasteiger partial charge in [0, 0.05) is 43.3 Å². The van der Waals surface area contributed by atoms with Crippen LogP contribution in [0.3, 0.4) is 0 Å². The molecule has 8 heteroatoms. The van der Waals surface area contributed by atoms with Crippen molar-refractivity contribution in [3.05, 3.63) is 53.3 Å². The number of carbonyl (C=O) groups excluding carboxylic acids is 1. The Morgan fingerprint density at radius 3 is 2.14 bits per heavy atom. The summed E-state index contributed by atoms with van der Waals surface area (Å²) in [5, 5.41) is 21.4. The smallest absolute Gasteiger partial charge is 0.330 e. The standard InChI is InChI=1S/C20H24N4O4/c1-13-11-16(12-14(2)21-13)23-7-9-24(10-8-23)20(28)22-18(19(26)27)15-3-5-17(25)6-4-15/h3-6,11-12,18,25H,7-10H2,1-2H3,(H,22,28)(H,26,27)/t18-/m1/s1. The van der Waals surface area contributed by atoms with Crippen molar-refractivity contribution in [2.45, 2.75) is 19.9 Å². The van der Waals surface area contributed by atoms with E-state index in [9.17, 15) is 19.8 Å². The Morgan fingerprint density at radius 2 is 1.61 bits per heavy atom. The van der Waals surface area contributed by atoms with E-state index in [1.54, 1.807) is 4.90 Å². The van der Waals surface area contributed by atoms with Gasteiger partial charge in [0.2, 0.25) is 0 Å². The van der Waals surface area contributed by atoms with E-state index in [0.29, 0.717) is 31.7 Å². The molecule has 3 rings (SSSR count). The first-order valence-corrected chi connectivity index (χ1v) is 9.11. The fourth-order valence-electron chi connectivity index (χ4n) is 3.33. The fourth-order valence-corrected chi connectivity index (χ4v) is 3.33. The third-order valence-electron chi connectivity index (χ3n) is 4.74. The van der Waals surface area contributed by atoms with Crippen molar-refractivity contribution in [1.82, 2.24) is 15.2 Å². The molecule has 2 amide bonds. The maximum atomic E-state index is 12.6. The third-order valence-corrected chi connectivity index (χ3v) is 4.74. The van der Waals surface area contributed by atoms with Gasteiger partial charge in [0.1, 0.15) is 5.75 Å². The topological polar surface area (TPSA) is 106 Å². The molecule has 1 saturated heterocycles. The Labute approximate surface area is 163 Å². The van der Waals surface area contributed by atoms with Crippen LogP contribution >= 0.6 is 0 Å². The van der Waals surface area contributed by atoms with Crippen LogP contribution in [0.1, 0.15) is 23.0 Å². The van der Waals surface area contributed by atoms with Gasteiger partial charge in [-0.15, -0.1) is 0 Å². The number of nitrogens with one attached hydrogen (secondary N) is 1. The van der Waals surface area contributed by atoms with E-state index >= 15 is 0 Å². The van der Waals surface area contributed by atoms with Gasteiger partial charge in [-0.2, -0.15) is 0 Å². The molecule has 28 heavy (non-hydrogen) atoms. The molecular formula is C20H24N4O4. The van der Waals surface area contributed by atoms with Crippen LogP contribution in [0.4, 0.5) is 10.5 Å². The number of anilines is 1. The molecule has 1 fully saturated rings. The molecule has 0 unspecified atom stereocenters. The Balaban J connectivity index is 1.62. The molecule has 1 aliphatic heterocycles. The summed E-state index contributed by atoms with van der Waals surface area (Å²) >= 11 is 0. The first kappa shape index (κ1) is 19.5. The average Bonchev–Trinajstić information content (AvgIpc) is 2.66. The minimum atomic E-state index is -1.17. The number of aromatic hydroxyl groups is 1. The summed E-state index contributed by atoms with van der Waals surface area (Å²) in [6, 6.07) is 8.23. The number of aromatic nitrogens is 1. The number of piperazine rings is 1. The van der Waals surface area contributed by atoms with Crippen molar-refractivity contribution in [3.8, 4) is 5.75 Å². The summed E-state index contributed by atoms with van der Waals surface area (Å²) in [6.45, 7) is 6.22. The SMILES string of the molecule is Cc1cc(N2CCN(C(=O)N[C@@H](C(=O)O)c3ccc(O)cc3)CC2)cc(C)n1. The maximum absolute atomic E-state index is 12.6. The van der Waals surface area contributed by atoms with Gasteiger partial charge in [-0.05, 0) is 43.7 Å². The second-order valence-electron chi connectivity index (χ2n) is 6.89. The average molecular weight is 384 g/mol. The molecule has 148 valence electrons. The van der Waals surface area contributed by atoms with E-state index in [2.05, 4.69) is 15.2 Å². The number of benzene rings is 1. The number of phenolic OH excluding ortho intramolecular Hbond substituents is 1. The highest BCUT2D eigenvalue weighted by atomic mass is 16.4. The first-order valence-electron chi connectivity index (χ1n) is 9.11. The molecule has 1 aromatic carbocycles. The first-order chi connectivity index (χ1) is 13.3. The molecule has 1 atom stereocenters. The second-order valence-corrected chi connectivity index (χ2v) is 6.89. The maximum Gasteiger partial charge on any atom is 0.330 e. The van der Waals surface area contributed by atoms with E-state index in [1.807, 2.05) is 26.0 Å². The third kappa shape index (κ3) is 4.51. The van der Waals surface area contributed by atoms with Gasteiger partial charge < -0.3 is 25.3 Å². The number of carboxylic acid groups (broad SMARTS) is 1. The number of pyridine rings is 1. The molecule has 0 radical (unpaired) electrons. The van der Waals surface area contributed by atoms with Gasteiger partial charge in [0.25, 0.3) is 0 Å². The number of rotatable bonds is 4. The zero-order valence-corrected chi connectivity index (χ0v) is 15.9. The predicted molar refractivity (Wildman–Crippen MR) is 105 cm³/mol. The zero-order chi connectivity index (χ0) is 20.3. The molecule has 3 N–H and O–H groups in total. The lowest BCUT2D eigenvalue weighted by atomic mass is 10.1. The number of hydrogen-bond donors (Lipinski definition) is 3. The molecule has 2 heterocycles. The van der Waals surface area contributed by atoms with Crippen LogP contribution in [0.2, 0.25) is 0 Å². The van der Waals surface area contributed by atoms with Gasteiger partial charge in [-0.1, -0.05) is 12.1 Å². The highest BCUT2D eigenvalue weighted by Crippen LogP contribution is 2.20. The zero-order valence-electron chi connectivity index (χ0n) is 15.9. The van der Waals surface area contributed by atoms with Crippen LogP contribution in [0, 0.1) is 13.8 Å². The minimum absolute atomic E-state index is 0.0388. The lowest BCUT2D eigenvalue weighted by Crippen LogP contribution is -2.53. The number of carboxylic acids is 1. The van der Waals surface area contributed by atoms with Gasteiger partial charge in [0.15, 0.2) is 6.04 Å². The highest BCUT2D eigenvalue weighted by molar-refractivity contribution is 5.84. The van der Waals surface area contributed by atoms with Gasteiger partial charge >= 0.3 is 12.0 Å². The predicted octanol–water partition coefficient (Wildman–Crippen LogP) is 2.06. The van der Waals surface area contributed by atoms with Gasteiger partial charge in [-0.3, -0.25) is 4.98 Å². The quantitative estimate of drug-likeness (QED) is 0.745. The number of aliphatic carboxylic acids is 1. The molecule has 1 aliphatic rings. The van der Waals surface area contributed by atoms with E-state index in [1.165, 1.54) is 24.3 Å². The number of phenols is 1. The monoisotopic (exact) mass is 384 g/mol. The highest BCUT2D eigenvalue weighted by Gasteiger charge is 2.27. The number of carbonyl (C=O) groups is 2. The van der Waals surface area contributed by atoms with Crippen LogP contribution in [0.25, 0.3) is 0 Å². The Hall–Kier alpha value is -3.29. The second kappa shape index (κ2) is 8.16. The number of amides is 2. The minimum Gasteiger partial charge on any atom is -0.508 e. The van der Waals surface area contributed by atoms with E-state index in [4.69, 9.17) is 0 Å². The van der Waals surface area contributed by atoms with Crippen molar-refractivity contribution < 1.29 is 19.8 Å². The largest absolute Gasteiger partial charge is 0.508 e. The van der Waals surface area contributed by atoms with Gasteiger partial charge in [0.05, 0.1) is 0 Å². The van der Waals surface area contributed by atoms with Crippen molar-refractivity contribution in [3.63, 3.8) is 0 Å². The Bertz CT molecular complexity index is 841. The van der Waals surface area contributed by atoms with Crippen molar-refractivity contribution in [2.24, 2.45) is 0 Å². The summed E-state index contributed by atoms with van der Waals surface area (Å²) in [5.41, 5.74) is 3.39. The van der Waals surface area contributed by atoms with Crippen LogP contribution < -0.4 is 10.2 Å². The molecule has 8 nitrogen and oxygen atoms in total. The van der Waals surface area contributed by atoms with E-state index < -0.39 is 18.0 Å². The summed E-state index contributed by atoms with van der Waals surface area (Å²) in [6.07, 6.45) is 0. The number of nitrogens with zero attached hydrogens (tertiary/aromatic N) is 3. The Morgan fingerprint density at radius 1 is 1.04 bits per heavy atom. The van der Waals surface area contributed by atoms with E-state index in [0.717, 1.165) is 17.1 Å². The summed E-state index contributed by atoms with van der Waals surface area (Å²) < 4.78 is 0. The molecule has 0 saturated carbocycles. The van der Waals surface area contributed by atoms with Crippen LogP contribution in [0.15, 0.2) is 36.4 Å². The normalized spacial score (nSPS) is 15.2. The number of hydrogen-bond acceptors (Lipinski definition) is 5. The molecule has 0 aliphatic carbocycles. The lowest BCUT2D eigenvalue weighted by molar-refractivity contribution is -0.139. The molecule has 0 bridgehead atoms. The van der Waals surface area contributed by atoms with Crippen molar-refractivity contribution >= 4 is 17.7 Å². The van der Waals surface area contributed by atoms with Crippen LogP contribution in [0.5, 0.6) is 5.75 Å². The number of aryl methyl sites for hydroxylation is 2.